The van der Waals surface area contributed by atoms with Crippen LogP contribution in [-0.4, -0.2) is 0 Å². The molecule has 110 valence electrons. The van der Waals surface area contributed by atoms with Gasteiger partial charge in [-0.1, -0.05) is 48.5 Å². The van der Waals surface area contributed by atoms with Gasteiger partial charge in [-0.2, -0.15) is 13.2 Å². The van der Waals surface area contributed by atoms with E-state index in [4.69, 9.17) is 0 Å². The van der Waals surface area contributed by atoms with Gasteiger partial charge in [0.25, 0.3) is 0 Å². The Labute approximate surface area is 122 Å². The fraction of sp³-hybridized carbons (Fsp3) is 0.176. The molecule has 2 rings (SSSR count). The molecule has 0 saturated heterocycles. The summed E-state index contributed by atoms with van der Waals surface area (Å²) in [5, 5.41) is 3.26. The van der Waals surface area contributed by atoms with Crippen LogP contribution in [-0.2, 0) is 12.7 Å². The van der Waals surface area contributed by atoms with Gasteiger partial charge < -0.3 is 5.32 Å². The van der Waals surface area contributed by atoms with E-state index in [1.54, 1.807) is 6.08 Å². The molecule has 1 nitrogen and oxygen atoms in total. The molecular weight excluding hydrogens is 275 g/mol. The van der Waals surface area contributed by atoms with E-state index in [1.807, 2.05) is 30.3 Å². The minimum atomic E-state index is -4.31. The molecule has 0 radical (unpaired) electrons. The lowest BCUT2D eigenvalue weighted by atomic mass is 10.0. The van der Waals surface area contributed by atoms with Crippen molar-refractivity contribution >= 4 is 0 Å². The summed E-state index contributed by atoms with van der Waals surface area (Å²) in [6.07, 6.45) is -2.62. The average Bonchev–Trinajstić information content (AvgIpc) is 2.48. The van der Waals surface area contributed by atoms with Gasteiger partial charge in [0.2, 0.25) is 0 Å². The van der Waals surface area contributed by atoms with Crippen molar-refractivity contribution in [3.8, 4) is 0 Å². The number of alkyl halides is 3. The quantitative estimate of drug-likeness (QED) is 0.786. The predicted molar refractivity (Wildman–Crippen MR) is 77.7 cm³/mol. The van der Waals surface area contributed by atoms with Crippen LogP contribution in [0.25, 0.3) is 0 Å². The number of nitrogens with one attached hydrogen (secondary N) is 1. The first-order valence-electron chi connectivity index (χ1n) is 6.58. The van der Waals surface area contributed by atoms with E-state index in [9.17, 15) is 13.2 Å². The number of halogens is 3. The maximum absolute atomic E-state index is 12.5. The third kappa shape index (κ3) is 4.20. The van der Waals surface area contributed by atoms with Crippen molar-refractivity contribution in [1.29, 1.82) is 0 Å². The number of rotatable bonds is 5. The zero-order valence-corrected chi connectivity index (χ0v) is 11.4. The molecule has 2 aromatic carbocycles. The highest BCUT2D eigenvalue weighted by molar-refractivity contribution is 5.29. The fourth-order valence-electron chi connectivity index (χ4n) is 2.04. The minimum absolute atomic E-state index is 0.188. The van der Waals surface area contributed by atoms with Gasteiger partial charge in [0, 0.05) is 6.54 Å². The molecule has 0 amide bonds. The van der Waals surface area contributed by atoms with Gasteiger partial charge in [-0.05, 0) is 23.3 Å². The lowest BCUT2D eigenvalue weighted by Gasteiger charge is -2.16. The van der Waals surface area contributed by atoms with Gasteiger partial charge in [0.15, 0.2) is 0 Å². The van der Waals surface area contributed by atoms with Gasteiger partial charge in [-0.3, -0.25) is 0 Å². The van der Waals surface area contributed by atoms with Crippen molar-refractivity contribution in [2.24, 2.45) is 0 Å². The Morgan fingerprint density at radius 1 is 1.00 bits per heavy atom. The Morgan fingerprint density at radius 3 is 2.14 bits per heavy atom. The zero-order valence-electron chi connectivity index (χ0n) is 11.4. The Balaban J connectivity index is 2.05. The third-order valence-corrected chi connectivity index (χ3v) is 3.20. The molecule has 2 aromatic rings. The van der Waals surface area contributed by atoms with Crippen LogP contribution in [0.1, 0.15) is 22.7 Å². The molecule has 0 saturated carbocycles. The summed E-state index contributed by atoms with van der Waals surface area (Å²) in [6, 6.07) is 14.7. The molecule has 21 heavy (non-hydrogen) atoms. The molecule has 0 aliphatic rings. The second kappa shape index (κ2) is 6.59. The fourth-order valence-corrected chi connectivity index (χ4v) is 2.04. The highest BCUT2D eigenvalue weighted by Crippen LogP contribution is 2.30. The van der Waals surface area contributed by atoms with Crippen LogP contribution in [0.5, 0.6) is 0 Å². The van der Waals surface area contributed by atoms with Gasteiger partial charge in [-0.25, -0.2) is 0 Å². The number of hydrogen-bond acceptors (Lipinski definition) is 1. The van der Waals surface area contributed by atoms with E-state index in [1.165, 1.54) is 12.1 Å². The Morgan fingerprint density at radius 2 is 1.62 bits per heavy atom. The summed E-state index contributed by atoms with van der Waals surface area (Å²) in [5.41, 5.74) is 1.22. The zero-order chi connectivity index (χ0) is 15.3. The molecule has 0 aliphatic carbocycles. The lowest BCUT2D eigenvalue weighted by molar-refractivity contribution is -0.137. The molecule has 0 aromatic heterocycles. The van der Waals surface area contributed by atoms with Crippen LogP contribution in [0.4, 0.5) is 13.2 Å². The van der Waals surface area contributed by atoms with Crippen LogP contribution in [0.3, 0.4) is 0 Å². The summed E-state index contributed by atoms with van der Waals surface area (Å²) in [6.45, 7) is 4.36. The summed E-state index contributed by atoms with van der Waals surface area (Å²) in [5.74, 6) is 0. The van der Waals surface area contributed by atoms with E-state index in [0.29, 0.717) is 6.54 Å². The molecule has 0 unspecified atom stereocenters. The van der Waals surface area contributed by atoms with Crippen LogP contribution in [0.15, 0.2) is 67.3 Å². The first-order chi connectivity index (χ1) is 10.0. The largest absolute Gasteiger partial charge is 0.416 e. The van der Waals surface area contributed by atoms with E-state index in [-0.39, 0.29) is 6.04 Å². The number of hydrogen-bond donors (Lipinski definition) is 1. The smallest absolute Gasteiger partial charge is 0.303 e. The highest BCUT2D eigenvalue weighted by Gasteiger charge is 2.30. The second-order valence-electron chi connectivity index (χ2n) is 4.70. The summed E-state index contributed by atoms with van der Waals surface area (Å²) in [7, 11) is 0. The van der Waals surface area contributed by atoms with Crippen LogP contribution in [0, 0.1) is 0 Å². The standard InChI is InChI=1S/C17H16F3N/c1-2-16(21-12-13-6-4-3-5-7-13)14-8-10-15(11-9-14)17(18,19)20/h2-11,16,21H,1,12H2/t16-/m0/s1. The van der Waals surface area contributed by atoms with Gasteiger partial charge in [0.05, 0.1) is 11.6 Å². The summed E-state index contributed by atoms with van der Waals surface area (Å²) >= 11 is 0. The maximum Gasteiger partial charge on any atom is 0.416 e. The predicted octanol–water partition coefficient (Wildman–Crippen LogP) is 4.72. The van der Waals surface area contributed by atoms with Gasteiger partial charge in [-0.15, -0.1) is 6.58 Å². The lowest BCUT2D eigenvalue weighted by Crippen LogP contribution is -2.19. The van der Waals surface area contributed by atoms with E-state index >= 15 is 0 Å². The van der Waals surface area contributed by atoms with E-state index in [0.717, 1.165) is 23.3 Å². The van der Waals surface area contributed by atoms with E-state index in [2.05, 4.69) is 11.9 Å². The average molecular weight is 291 g/mol. The SMILES string of the molecule is C=C[C@H](NCc1ccccc1)c1ccc(C(F)(F)F)cc1. The monoisotopic (exact) mass is 291 g/mol. The molecule has 0 heterocycles. The Hall–Kier alpha value is -2.07. The van der Waals surface area contributed by atoms with Crippen molar-refractivity contribution in [3.05, 3.63) is 83.9 Å². The molecular formula is C17H16F3N. The maximum atomic E-state index is 12.5. The van der Waals surface area contributed by atoms with Crippen molar-refractivity contribution in [3.63, 3.8) is 0 Å². The molecule has 0 spiro atoms. The second-order valence-corrected chi connectivity index (χ2v) is 4.70. The summed E-state index contributed by atoms with van der Waals surface area (Å²) < 4.78 is 37.6. The Bertz CT molecular complexity index is 573. The van der Waals surface area contributed by atoms with Crippen LogP contribution >= 0.6 is 0 Å². The van der Waals surface area contributed by atoms with Crippen LogP contribution in [0.2, 0.25) is 0 Å². The molecule has 0 aliphatic heterocycles. The first-order valence-corrected chi connectivity index (χ1v) is 6.58. The van der Waals surface area contributed by atoms with E-state index < -0.39 is 11.7 Å². The van der Waals surface area contributed by atoms with Crippen molar-refractivity contribution < 1.29 is 13.2 Å². The van der Waals surface area contributed by atoms with Crippen molar-refractivity contribution in [1.82, 2.24) is 5.32 Å². The van der Waals surface area contributed by atoms with Crippen LogP contribution < -0.4 is 5.32 Å². The van der Waals surface area contributed by atoms with Gasteiger partial charge in [0.1, 0.15) is 0 Å². The van der Waals surface area contributed by atoms with Gasteiger partial charge >= 0.3 is 6.18 Å². The Kier molecular flexibility index (Phi) is 4.81. The molecule has 0 bridgehead atoms. The molecule has 0 fully saturated rings. The molecule has 1 N–H and O–H groups in total. The highest BCUT2D eigenvalue weighted by atomic mass is 19.4. The number of benzene rings is 2. The minimum Gasteiger partial charge on any atom is -0.303 e. The van der Waals surface area contributed by atoms with Crippen molar-refractivity contribution in [2.45, 2.75) is 18.8 Å². The topological polar surface area (TPSA) is 12.0 Å². The van der Waals surface area contributed by atoms with Crippen molar-refractivity contribution in [2.75, 3.05) is 0 Å². The summed E-state index contributed by atoms with van der Waals surface area (Å²) in [4.78, 5) is 0. The molecule has 4 heteroatoms. The molecule has 1 atom stereocenters. The third-order valence-electron chi connectivity index (χ3n) is 3.20. The normalized spacial score (nSPS) is 12.9. The first kappa shape index (κ1) is 15.3.